The van der Waals surface area contributed by atoms with E-state index in [9.17, 15) is 14.4 Å². The topological polar surface area (TPSA) is 89.3 Å². The number of carbonyl (C=O) groups is 3. The van der Waals surface area contributed by atoms with E-state index in [2.05, 4.69) is 5.32 Å². The number of nitrogens with one attached hydrogen (secondary N) is 1. The highest BCUT2D eigenvalue weighted by Gasteiger charge is 2.30. The summed E-state index contributed by atoms with van der Waals surface area (Å²) in [5.74, 6) is -1.15. The number of fused-ring (bicyclic) bond motifs is 3. The van der Waals surface area contributed by atoms with E-state index in [1.807, 2.05) is 18.2 Å². The first-order valence-electron chi connectivity index (χ1n) is 8.04. The summed E-state index contributed by atoms with van der Waals surface area (Å²) in [6.07, 6.45) is 0. The molecule has 1 aliphatic rings. The van der Waals surface area contributed by atoms with E-state index in [0.29, 0.717) is 27.9 Å². The number of primary amides is 1. The average Bonchev–Trinajstić information content (AvgIpc) is 2.95. The molecule has 4 rings (SSSR count). The van der Waals surface area contributed by atoms with Crippen LogP contribution in [0, 0.1) is 0 Å². The highest BCUT2D eigenvalue weighted by molar-refractivity contribution is 6.26. The molecule has 1 aliphatic carbocycles. The predicted molar refractivity (Wildman–Crippen MR) is 98.2 cm³/mol. The van der Waals surface area contributed by atoms with Gasteiger partial charge in [-0.3, -0.25) is 14.4 Å². The lowest BCUT2D eigenvalue weighted by molar-refractivity contribution is 0.0995. The standard InChI is InChI=1S/C21H14N2O3/c22-20(25)12-5-3-6-13(11-12)23-21(26)17-10-4-9-15-14-7-1-2-8-16(14)19(24)18(15)17/h1-11H,(H2,22,25)(H,23,26). The van der Waals surface area contributed by atoms with Crippen LogP contribution >= 0.6 is 0 Å². The molecule has 0 fully saturated rings. The van der Waals surface area contributed by atoms with Crippen molar-refractivity contribution >= 4 is 23.3 Å². The monoisotopic (exact) mass is 342 g/mol. The van der Waals surface area contributed by atoms with Crippen LogP contribution < -0.4 is 11.1 Å². The molecule has 0 aromatic heterocycles. The summed E-state index contributed by atoms with van der Waals surface area (Å²) in [6, 6.07) is 18.9. The van der Waals surface area contributed by atoms with Crippen molar-refractivity contribution in [1.29, 1.82) is 0 Å². The fourth-order valence-corrected chi connectivity index (χ4v) is 3.21. The normalized spacial score (nSPS) is 11.6. The van der Waals surface area contributed by atoms with Crippen LogP contribution in [-0.4, -0.2) is 17.6 Å². The van der Waals surface area contributed by atoms with Crippen LogP contribution in [0.3, 0.4) is 0 Å². The van der Waals surface area contributed by atoms with Gasteiger partial charge in [0.2, 0.25) is 5.91 Å². The maximum atomic E-state index is 12.8. The molecule has 5 heteroatoms. The molecule has 126 valence electrons. The summed E-state index contributed by atoms with van der Waals surface area (Å²) in [5, 5.41) is 2.73. The Bertz CT molecular complexity index is 1090. The second-order valence-corrected chi connectivity index (χ2v) is 6.00. The van der Waals surface area contributed by atoms with Crippen molar-refractivity contribution in [3.05, 3.63) is 89.0 Å². The van der Waals surface area contributed by atoms with Crippen LogP contribution in [0.1, 0.15) is 36.6 Å². The molecule has 5 nitrogen and oxygen atoms in total. The fourth-order valence-electron chi connectivity index (χ4n) is 3.21. The number of nitrogens with two attached hydrogens (primary N) is 1. The van der Waals surface area contributed by atoms with Gasteiger partial charge in [0, 0.05) is 22.4 Å². The van der Waals surface area contributed by atoms with Crippen molar-refractivity contribution in [2.24, 2.45) is 5.73 Å². The van der Waals surface area contributed by atoms with Gasteiger partial charge in [-0.15, -0.1) is 0 Å². The Morgan fingerprint density at radius 2 is 1.50 bits per heavy atom. The maximum Gasteiger partial charge on any atom is 0.256 e. The summed E-state index contributed by atoms with van der Waals surface area (Å²) in [5.41, 5.74) is 8.88. The number of carbonyl (C=O) groups excluding carboxylic acids is 3. The van der Waals surface area contributed by atoms with E-state index in [-0.39, 0.29) is 5.78 Å². The Kier molecular flexibility index (Phi) is 3.62. The third kappa shape index (κ3) is 2.46. The maximum absolute atomic E-state index is 12.8. The van der Waals surface area contributed by atoms with Gasteiger partial charge in [0.05, 0.1) is 5.56 Å². The summed E-state index contributed by atoms with van der Waals surface area (Å²) in [6.45, 7) is 0. The molecular weight excluding hydrogens is 328 g/mol. The van der Waals surface area contributed by atoms with Gasteiger partial charge in [0.1, 0.15) is 0 Å². The van der Waals surface area contributed by atoms with Crippen LogP contribution in [0.25, 0.3) is 11.1 Å². The molecule has 0 aliphatic heterocycles. The van der Waals surface area contributed by atoms with Crippen molar-refractivity contribution in [3.8, 4) is 11.1 Å². The van der Waals surface area contributed by atoms with Crippen LogP contribution in [0.4, 0.5) is 5.69 Å². The highest BCUT2D eigenvalue weighted by Crippen LogP contribution is 2.38. The molecule has 0 radical (unpaired) electrons. The molecule has 0 unspecified atom stereocenters. The Labute approximate surface area is 149 Å². The molecule has 0 saturated heterocycles. The number of rotatable bonds is 3. The molecule has 0 saturated carbocycles. The summed E-state index contributed by atoms with van der Waals surface area (Å²) >= 11 is 0. The first kappa shape index (κ1) is 15.8. The largest absolute Gasteiger partial charge is 0.366 e. The lowest BCUT2D eigenvalue weighted by atomic mass is 10.00. The SMILES string of the molecule is NC(=O)c1cccc(NC(=O)c2cccc3c2C(=O)c2ccccc2-3)c1. The Morgan fingerprint density at radius 3 is 2.27 bits per heavy atom. The molecule has 0 heterocycles. The van der Waals surface area contributed by atoms with Crippen molar-refractivity contribution in [1.82, 2.24) is 0 Å². The van der Waals surface area contributed by atoms with Crippen molar-refractivity contribution in [2.75, 3.05) is 5.32 Å². The van der Waals surface area contributed by atoms with Gasteiger partial charge in [0.25, 0.3) is 5.91 Å². The molecule has 0 bridgehead atoms. The second kappa shape index (κ2) is 5.97. The molecule has 0 atom stereocenters. The van der Waals surface area contributed by atoms with E-state index in [0.717, 1.165) is 11.1 Å². The quantitative estimate of drug-likeness (QED) is 0.599. The van der Waals surface area contributed by atoms with Gasteiger partial charge in [-0.05, 0) is 35.4 Å². The number of ketones is 1. The number of anilines is 1. The number of benzene rings is 3. The molecule has 0 spiro atoms. The zero-order valence-corrected chi connectivity index (χ0v) is 13.7. The lowest BCUT2D eigenvalue weighted by Gasteiger charge is -2.09. The van der Waals surface area contributed by atoms with Gasteiger partial charge in [-0.25, -0.2) is 0 Å². The van der Waals surface area contributed by atoms with E-state index in [1.54, 1.807) is 42.5 Å². The number of amides is 2. The van der Waals surface area contributed by atoms with Crippen LogP contribution in [-0.2, 0) is 0 Å². The Morgan fingerprint density at radius 1 is 0.808 bits per heavy atom. The highest BCUT2D eigenvalue weighted by atomic mass is 16.2. The lowest BCUT2D eigenvalue weighted by Crippen LogP contribution is -2.17. The second-order valence-electron chi connectivity index (χ2n) is 6.00. The third-order valence-corrected chi connectivity index (χ3v) is 4.40. The smallest absolute Gasteiger partial charge is 0.256 e. The number of hydrogen-bond acceptors (Lipinski definition) is 3. The fraction of sp³-hybridized carbons (Fsp3) is 0. The van der Waals surface area contributed by atoms with E-state index in [1.165, 1.54) is 6.07 Å². The van der Waals surface area contributed by atoms with Gasteiger partial charge < -0.3 is 11.1 Å². The van der Waals surface area contributed by atoms with Crippen molar-refractivity contribution < 1.29 is 14.4 Å². The first-order chi connectivity index (χ1) is 12.6. The van der Waals surface area contributed by atoms with Gasteiger partial charge in [0.15, 0.2) is 5.78 Å². The summed E-state index contributed by atoms with van der Waals surface area (Å²) in [7, 11) is 0. The van der Waals surface area contributed by atoms with Crippen molar-refractivity contribution in [2.45, 2.75) is 0 Å². The average molecular weight is 342 g/mol. The molecular formula is C21H14N2O3. The minimum atomic E-state index is -0.577. The minimum absolute atomic E-state index is 0.160. The summed E-state index contributed by atoms with van der Waals surface area (Å²) < 4.78 is 0. The third-order valence-electron chi connectivity index (χ3n) is 4.40. The zero-order valence-electron chi connectivity index (χ0n) is 13.7. The van der Waals surface area contributed by atoms with Gasteiger partial charge in [-0.2, -0.15) is 0 Å². The molecule has 2 amide bonds. The van der Waals surface area contributed by atoms with Gasteiger partial charge in [-0.1, -0.05) is 42.5 Å². The zero-order chi connectivity index (χ0) is 18.3. The van der Waals surface area contributed by atoms with E-state index >= 15 is 0 Å². The van der Waals surface area contributed by atoms with E-state index < -0.39 is 11.8 Å². The van der Waals surface area contributed by atoms with E-state index in [4.69, 9.17) is 5.73 Å². The minimum Gasteiger partial charge on any atom is -0.366 e. The molecule has 26 heavy (non-hydrogen) atoms. The number of hydrogen-bond donors (Lipinski definition) is 2. The van der Waals surface area contributed by atoms with Gasteiger partial charge >= 0.3 is 0 Å². The van der Waals surface area contributed by atoms with Crippen LogP contribution in [0.15, 0.2) is 66.7 Å². The van der Waals surface area contributed by atoms with Crippen molar-refractivity contribution in [3.63, 3.8) is 0 Å². The molecule has 3 N–H and O–H groups in total. The Balaban J connectivity index is 1.72. The first-order valence-corrected chi connectivity index (χ1v) is 8.04. The van der Waals surface area contributed by atoms with Crippen LogP contribution in [0.2, 0.25) is 0 Å². The Hall–Kier alpha value is -3.73. The molecule has 3 aromatic carbocycles. The summed E-state index contributed by atoms with van der Waals surface area (Å²) in [4.78, 5) is 36.8. The molecule has 3 aromatic rings. The van der Waals surface area contributed by atoms with Crippen LogP contribution in [0.5, 0.6) is 0 Å². The predicted octanol–water partition coefficient (Wildman–Crippen LogP) is 3.25.